The molecule has 6 rings (SSSR count). The van der Waals surface area contributed by atoms with E-state index in [1.807, 2.05) is 6.20 Å². The molecule has 8 nitrogen and oxygen atoms in total. The van der Waals surface area contributed by atoms with Crippen molar-refractivity contribution in [3.63, 3.8) is 0 Å². The highest BCUT2D eigenvalue weighted by atomic mass is 15.3. The summed E-state index contributed by atoms with van der Waals surface area (Å²) in [6.07, 6.45) is 13.7. The molecule has 0 spiro atoms. The third-order valence-corrected chi connectivity index (χ3v) is 6.63. The number of piperazine rings is 1. The Morgan fingerprint density at radius 1 is 0.970 bits per heavy atom. The Labute approximate surface area is 194 Å². The van der Waals surface area contributed by atoms with Gasteiger partial charge in [0, 0.05) is 43.6 Å². The van der Waals surface area contributed by atoms with Crippen molar-refractivity contribution < 1.29 is 0 Å². The predicted molar refractivity (Wildman–Crippen MR) is 133 cm³/mol. The molecule has 2 N–H and O–H groups in total. The van der Waals surface area contributed by atoms with E-state index < -0.39 is 0 Å². The Morgan fingerprint density at radius 3 is 2.52 bits per heavy atom. The Kier molecular flexibility index (Phi) is 5.22. The fourth-order valence-electron chi connectivity index (χ4n) is 4.53. The van der Waals surface area contributed by atoms with Gasteiger partial charge in [0.25, 0.3) is 0 Å². The molecule has 1 aliphatic heterocycles. The first kappa shape index (κ1) is 20.2. The summed E-state index contributed by atoms with van der Waals surface area (Å²) in [6, 6.07) is 9.29. The van der Waals surface area contributed by atoms with Gasteiger partial charge in [-0.1, -0.05) is 24.3 Å². The molecular formula is C25H30N8. The van der Waals surface area contributed by atoms with Crippen LogP contribution in [0.2, 0.25) is 0 Å². The molecule has 2 aromatic heterocycles. The number of allylic oxidation sites excluding steroid dienone is 2. The lowest BCUT2D eigenvalue weighted by Crippen LogP contribution is -2.44. The van der Waals surface area contributed by atoms with Crippen molar-refractivity contribution >= 4 is 34.4 Å². The number of likely N-dealkylation sites (N-methyl/N-ethyl adjacent to an activating group) is 1. The Bertz CT molecular complexity index is 1180. The number of benzene rings is 1. The van der Waals surface area contributed by atoms with Gasteiger partial charge in [0.15, 0.2) is 5.65 Å². The molecule has 3 heterocycles. The van der Waals surface area contributed by atoms with Crippen molar-refractivity contribution in [3.05, 3.63) is 54.8 Å². The minimum atomic E-state index is 0.258. The molecule has 0 amide bonds. The van der Waals surface area contributed by atoms with Gasteiger partial charge in [-0.3, -0.25) is 4.57 Å². The molecule has 33 heavy (non-hydrogen) atoms. The minimum Gasteiger partial charge on any atom is -0.369 e. The van der Waals surface area contributed by atoms with E-state index in [1.54, 1.807) is 0 Å². The van der Waals surface area contributed by atoms with Crippen LogP contribution < -0.4 is 15.5 Å². The monoisotopic (exact) mass is 442 g/mol. The predicted octanol–water partition coefficient (Wildman–Crippen LogP) is 3.95. The number of rotatable bonds is 6. The van der Waals surface area contributed by atoms with E-state index in [-0.39, 0.29) is 6.04 Å². The third-order valence-electron chi connectivity index (χ3n) is 6.63. The van der Waals surface area contributed by atoms with E-state index in [1.165, 1.54) is 18.5 Å². The van der Waals surface area contributed by atoms with Gasteiger partial charge in [-0.15, -0.1) is 0 Å². The second-order valence-electron chi connectivity index (χ2n) is 9.20. The van der Waals surface area contributed by atoms with Crippen LogP contribution in [0.25, 0.3) is 11.2 Å². The first-order valence-corrected chi connectivity index (χ1v) is 11.9. The van der Waals surface area contributed by atoms with Crippen molar-refractivity contribution in [1.82, 2.24) is 24.4 Å². The Morgan fingerprint density at radius 2 is 1.79 bits per heavy atom. The van der Waals surface area contributed by atoms with Gasteiger partial charge in [-0.05, 0) is 50.6 Å². The lowest BCUT2D eigenvalue weighted by Gasteiger charge is -2.34. The van der Waals surface area contributed by atoms with Gasteiger partial charge < -0.3 is 20.4 Å². The molecule has 1 unspecified atom stereocenters. The Balaban J connectivity index is 1.21. The average molecular weight is 443 g/mol. The standard InChI is InChI=1S/C25H30N8/c1-31-13-15-32(16-14-31)20-9-7-19(8-10-20)27-24-26-17-22-23(30-24)33(21-11-12-21)25(29-22)28-18-5-3-2-4-6-18/h2-5,7-10,17-18,21H,6,11-16H2,1H3,(H,28,29)(H,26,27,30). The van der Waals surface area contributed by atoms with Gasteiger partial charge in [0.1, 0.15) is 5.52 Å². The molecule has 0 radical (unpaired) electrons. The van der Waals surface area contributed by atoms with Crippen molar-refractivity contribution in [2.75, 3.05) is 48.8 Å². The van der Waals surface area contributed by atoms with Crippen LogP contribution in [-0.4, -0.2) is 63.7 Å². The number of fused-ring (bicyclic) bond motifs is 1. The van der Waals surface area contributed by atoms with E-state index in [4.69, 9.17) is 9.97 Å². The summed E-state index contributed by atoms with van der Waals surface area (Å²) in [5.41, 5.74) is 3.97. The average Bonchev–Trinajstić information content (AvgIpc) is 3.62. The third kappa shape index (κ3) is 4.30. The first-order valence-electron chi connectivity index (χ1n) is 11.9. The van der Waals surface area contributed by atoms with E-state index >= 15 is 0 Å². The van der Waals surface area contributed by atoms with Gasteiger partial charge >= 0.3 is 0 Å². The quantitative estimate of drug-likeness (QED) is 0.599. The van der Waals surface area contributed by atoms with Crippen LogP contribution in [-0.2, 0) is 0 Å². The number of anilines is 4. The molecule has 0 bridgehead atoms. The molecule has 170 valence electrons. The number of hydrogen-bond donors (Lipinski definition) is 2. The van der Waals surface area contributed by atoms with Gasteiger partial charge in [-0.25, -0.2) is 9.97 Å². The molecule has 2 aliphatic carbocycles. The number of nitrogens with zero attached hydrogens (tertiary/aromatic N) is 6. The molecule has 3 aromatic rings. The molecule has 1 saturated carbocycles. The molecule has 1 saturated heterocycles. The molecule has 2 fully saturated rings. The van der Waals surface area contributed by atoms with Crippen LogP contribution in [0.5, 0.6) is 0 Å². The molecule has 3 aliphatic rings. The summed E-state index contributed by atoms with van der Waals surface area (Å²) >= 11 is 0. The maximum Gasteiger partial charge on any atom is 0.229 e. The van der Waals surface area contributed by atoms with Crippen molar-refractivity contribution in [1.29, 1.82) is 0 Å². The minimum absolute atomic E-state index is 0.258. The lowest BCUT2D eigenvalue weighted by atomic mass is 10.1. The summed E-state index contributed by atoms with van der Waals surface area (Å²) < 4.78 is 2.25. The first-order chi connectivity index (χ1) is 16.2. The summed E-state index contributed by atoms with van der Waals surface area (Å²) in [7, 11) is 2.18. The maximum atomic E-state index is 4.86. The fraction of sp³-hybridized carbons (Fsp3) is 0.400. The van der Waals surface area contributed by atoms with E-state index in [0.29, 0.717) is 12.0 Å². The highest BCUT2D eigenvalue weighted by Crippen LogP contribution is 2.40. The Hall–Kier alpha value is -3.39. The van der Waals surface area contributed by atoms with Crippen LogP contribution in [0.4, 0.5) is 23.3 Å². The van der Waals surface area contributed by atoms with E-state index in [0.717, 1.165) is 55.4 Å². The normalized spacial score (nSPS) is 21.0. The van der Waals surface area contributed by atoms with E-state index in [9.17, 15) is 0 Å². The number of hydrogen-bond acceptors (Lipinski definition) is 7. The molecular weight excluding hydrogens is 412 g/mol. The van der Waals surface area contributed by atoms with Crippen LogP contribution in [0.3, 0.4) is 0 Å². The highest BCUT2D eigenvalue weighted by Gasteiger charge is 2.30. The lowest BCUT2D eigenvalue weighted by molar-refractivity contribution is 0.313. The highest BCUT2D eigenvalue weighted by molar-refractivity contribution is 5.76. The van der Waals surface area contributed by atoms with Gasteiger partial charge in [-0.2, -0.15) is 4.98 Å². The van der Waals surface area contributed by atoms with Crippen LogP contribution in [0, 0.1) is 0 Å². The zero-order valence-electron chi connectivity index (χ0n) is 19.0. The zero-order valence-corrected chi connectivity index (χ0v) is 19.0. The molecule has 1 atom stereocenters. The second kappa shape index (κ2) is 8.51. The summed E-state index contributed by atoms with van der Waals surface area (Å²) in [4.78, 5) is 19.0. The summed E-state index contributed by atoms with van der Waals surface area (Å²) in [5, 5.41) is 6.97. The summed E-state index contributed by atoms with van der Waals surface area (Å²) in [6.45, 7) is 4.34. The smallest absolute Gasteiger partial charge is 0.229 e. The summed E-state index contributed by atoms with van der Waals surface area (Å²) in [5.74, 6) is 1.49. The zero-order chi connectivity index (χ0) is 22.2. The van der Waals surface area contributed by atoms with Crippen molar-refractivity contribution in [2.45, 2.75) is 31.3 Å². The number of imidazole rings is 1. The van der Waals surface area contributed by atoms with Crippen molar-refractivity contribution in [3.8, 4) is 0 Å². The second-order valence-corrected chi connectivity index (χ2v) is 9.20. The van der Waals surface area contributed by atoms with E-state index in [2.05, 4.69) is 85.6 Å². The van der Waals surface area contributed by atoms with Crippen LogP contribution >= 0.6 is 0 Å². The fourth-order valence-corrected chi connectivity index (χ4v) is 4.53. The number of nitrogens with one attached hydrogen (secondary N) is 2. The molecule has 1 aromatic carbocycles. The maximum absolute atomic E-state index is 4.86. The van der Waals surface area contributed by atoms with Crippen LogP contribution in [0.1, 0.15) is 25.3 Å². The number of aromatic nitrogens is 4. The molecule has 8 heteroatoms. The largest absolute Gasteiger partial charge is 0.369 e. The van der Waals surface area contributed by atoms with Crippen LogP contribution in [0.15, 0.2) is 54.8 Å². The SMILES string of the molecule is CN1CCN(c2ccc(Nc3ncc4nc(NC5C=CC=CC5)n(C5CC5)c4n3)cc2)CC1. The van der Waals surface area contributed by atoms with Gasteiger partial charge in [0.05, 0.1) is 12.2 Å². The van der Waals surface area contributed by atoms with Gasteiger partial charge in [0.2, 0.25) is 11.9 Å². The van der Waals surface area contributed by atoms with Crippen molar-refractivity contribution in [2.24, 2.45) is 0 Å². The topological polar surface area (TPSA) is 74.1 Å².